The first-order valence-corrected chi connectivity index (χ1v) is 9.78. The van der Waals surface area contributed by atoms with Gasteiger partial charge >= 0.3 is 0 Å². The normalized spacial score (nSPS) is 11.1. The van der Waals surface area contributed by atoms with E-state index < -0.39 is 10.8 Å². The lowest BCUT2D eigenvalue weighted by Crippen LogP contribution is -2.19. The van der Waals surface area contributed by atoms with E-state index in [0.717, 1.165) is 5.56 Å². The molecule has 3 aromatic rings. The fraction of sp³-hybridized carbons (Fsp3) is 0.0952. The molecule has 0 aliphatic carbocycles. The Balaban J connectivity index is 1.69. The van der Waals surface area contributed by atoms with Gasteiger partial charge in [-0.25, -0.2) is 5.43 Å². The standard InChI is InChI=1S/C21H18N4O4S/c1-13-11-16(8-9-18(13)25(28)29)20(26)24-23-14(2)15-5-3-6-17(12-15)22-21(27)19-7-4-10-30-19/h3-12H,1-2H3,(H,22,27)(H,24,26)/b23-14+. The summed E-state index contributed by atoms with van der Waals surface area (Å²) in [4.78, 5) is 35.5. The largest absolute Gasteiger partial charge is 0.321 e. The molecule has 3 rings (SSSR count). The maximum atomic E-state index is 12.3. The van der Waals surface area contributed by atoms with Gasteiger partial charge in [0, 0.05) is 22.9 Å². The molecule has 0 bridgehead atoms. The van der Waals surface area contributed by atoms with Crippen molar-refractivity contribution >= 4 is 40.2 Å². The molecule has 30 heavy (non-hydrogen) atoms. The third-order valence-corrected chi connectivity index (χ3v) is 5.13. The Bertz CT molecular complexity index is 1140. The number of hydrazone groups is 1. The van der Waals surface area contributed by atoms with Gasteiger partial charge in [0.15, 0.2) is 0 Å². The molecule has 2 N–H and O–H groups in total. The van der Waals surface area contributed by atoms with Crippen molar-refractivity contribution in [3.8, 4) is 0 Å². The summed E-state index contributed by atoms with van der Waals surface area (Å²) in [6, 6.07) is 14.8. The summed E-state index contributed by atoms with van der Waals surface area (Å²) in [6.45, 7) is 3.29. The van der Waals surface area contributed by atoms with Crippen molar-refractivity contribution < 1.29 is 14.5 Å². The highest BCUT2D eigenvalue weighted by atomic mass is 32.1. The number of nitrogens with one attached hydrogen (secondary N) is 2. The van der Waals surface area contributed by atoms with Crippen LogP contribution >= 0.6 is 11.3 Å². The number of carbonyl (C=O) groups excluding carboxylic acids is 2. The molecule has 0 saturated carbocycles. The zero-order valence-corrected chi connectivity index (χ0v) is 17.0. The lowest BCUT2D eigenvalue weighted by atomic mass is 10.1. The molecule has 0 atom stereocenters. The minimum atomic E-state index is -0.496. The van der Waals surface area contributed by atoms with Crippen LogP contribution in [0.4, 0.5) is 11.4 Å². The number of nitro groups is 1. The van der Waals surface area contributed by atoms with E-state index in [1.54, 1.807) is 38.1 Å². The summed E-state index contributed by atoms with van der Waals surface area (Å²) < 4.78 is 0. The molecule has 0 aliphatic heterocycles. The quantitative estimate of drug-likeness (QED) is 0.349. The van der Waals surface area contributed by atoms with E-state index in [4.69, 9.17) is 0 Å². The molecule has 2 aromatic carbocycles. The molecule has 2 amide bonds. The van der Waals surface area contributed by atoms with Crippen molar-refractivity contribution in [3.05, 3.63) is 91.7 Å². The molecule has 0 aliphatic rings. The molecule has 0 unspecified atom stereocenters. The van der Waals surface area contributed by atoms with Gasteiger partial charge < -0.3 is 5.32 Å². The Hall–Kier alpha value is -3.85. The van der Waals surface area contributed by atoms with E-state index in [1.165, 1.54) is 29.5 Å². The number of carbonyl (C=O) groups is 2. The number of aryl methyl sites for hydroxylation is 1. The van der Waals surface area contributed by atoms with E-state index in [-0.39, 0.29) is 17.2 Å². The zero-order chi connectivity index (χ0) is 21.7. The van der Waals surface area contributed by atoms with Crippen LogP contribution in [-0.4, -0.2) is 22.4 Å². The summed E-state index contributed by atoms with van der Waals surface area (Å²) in [5.41, 5.74) is 4.93. The van der Waals surface area contributed by atoms with Crippen LogP contribution in [0.5, 0.6) is 0 Å². The Labute approximate surface area is 176 Å². The number of anilines is 1. The van der Waals surface area contributed by atoms with E-state index in [2.05, 4.69) is 15.8 Å². The first kappa shape index (κ1) is 20.9. The molecule has 0 spiro atoms. The molecule has 0 saturated heterocycles. The molecule has 8 nitrogen and oxygen atoms in total. The van der Waals surface area contributed by atoms with Crippen molar-refractivity contribution in [3.63, 3.8) is 0 Å². The molecular formula is C21H18N4O4S. The van der Waals surface area contributed by atoms with Crippen LogP contribution in [0.2, 0.25) is 0 Å². The number of hydrogen-bond acceptors (Lipinski definition) is 6. The highest BCUT2D eigenvalue weighted by molar-refractivity contribution is 7.12. The number of amides is 2. The summed E-state index contributed by atoms with van der Waals surface area (Å²) in [6.07, 6.45) is 0. The average Bonchev–Trinajstić information content (AvgIpc) is 3.26. The van der Waals surface area contributed by atoms with Crippen molar-refractivity contribution in [2.24, 2.45) is 5.10 Å². The SMILES string of the molecule is C/C(=N\NC(=O)c1ccc([N+](=O)[O-])c(C)c1)c1cccc(NC(=O)c2cccs2)c1. The minimum Gasteiger partial charge on any atom is -0.321 e. The van der Waals surface area contributed by atoms with E-state index in [1.807, 2.05) is 17.5 Å². The van der Waals surface area contributed by atoms with Crippen LogP contribution in [0.25, 0.3) is 0 Å². The van der Waals surface area contributed by atoms with Crippen molar-refractivity contribution in [1.29, 1.82) is 0 Å². The highest BCUT2D eigenvalue weighted by Gasteiger charge is 2.14. The summed E-state index contributed by atoms with van der Waals surface area (Å²) in [7, 11) is 0. The lowest BCUT2D eigenvalue weighted by molar-refractivity contribution is -0.385. The molecule has 152 valence electrons. The second-order valence-corrected chi connectivity index (χ2v) is 7.36. The smallest absolute Gasteiger partial charge is 0.272 e. The maximum absolute atomic E-state index is 12.3. The van der Waals surface area contributed by atoms with Gasteiger partial charge in [-0.05, 0) is 55.1 Å². The predicted octanol–water partition coefficient (Wildman–Crippen LogP) is 4.37. The maximum Gasteiger partial charge on any atom is 0.272 e. The Morgan fingerprint density at radius 3 is 2.50 bits per heavy atom. The van der Waals surface area contributed by atoms with Crippen LogP contribution < -0.4 is 10.7 Å². The monoisotopic (exact) mass is 422 g/mol. The van der Waals surface area contributed by atoms with Gasteiger partial charge in [0.2, 0.25) is 0 Å². The summed E-state index contributed by atoms with van der Waals surface area (Å²) >= 11 is 1.35. The van der Waals surface area contributed by atoms with Crippen LogP contribution in [0.1, 0.15) is 38.1 Å². The second kappa shape index (κ2) is 9.10. The number of rotatable bonds is 6. The molecule has 0 radical (unpaired) electrons. The minimum absolute atomic E-state index is 0.0485. The average molecular weight is 422 g/mol. The lowest BCUT2D eigenvalue weighted by Gasteiger charge is -2.07. The van der Waals surface area contributed by atoms with Gasteiger partial charge in [-0.1, -0.05) is 18.2 Å². The van der Waals surface area contributed by atoms with E-state index in [0.29, 0.717) is 21.8 Å². The summed E-state index contributed by atoms with van der Waals surface area (Å²) in [5.74, 6) is -0.673. The number of nitrogens with zero attached hydrogens (tertiary/aromatic N) is 2. The number of nitro benzene ring substituents is 1. The first-order valence-electron chi connectivity index (χ1n) is 8.90. The topological polar surface area (TPSA) is 114 Å². The van der Waals surface area contributed by atoms with Crippen LogP contribution in [0, 0.1) is 17.0 Å². The van der Waals surface area contributed by atoms with E-state index in [9.17, 15) is 19.7 Å². The Kier molecular flexibility index (Phi) is 6.33. The van der Waals surface area contributed by atoms with Gasteiger partial charge in [-0.2, -0.15) is 5.10 Å². The Morgan fingerprint density at radius 1 is 1.03 bits per heavy atom. The van der Waals surface area contributed by atoms with Gasteiger partial charge in [0.1, 0.15) is 0 Å². The van der Waals surface area contributed by atoms with Crippen molar-refractivity contribution in [1.82, 2.24) is 5.43 Å². The van der Waals surface area contributed by atoms with Crippen LogP contribution in [0.15, 0.2) is 65.1 Å². The zero-order valence-electron chi connectivity index (χ0n) is 16.2. The van der Waals surface area contributed by atoms with Crippen LogP contribution in [0.3, 0.4) is 0 Å². The molecule has 1 aromatic heterocycles. The second-order valence-electron chi connectivity index (χ2n) is 6.41. The van der Waals surface area contributed by atoms with Crippen molar-refractivity contribution in [2.75, 3.05) is 5.32 Å². The number of thiophene rings is 1. The fourth-order valence-corrected chi connectivity index (χ4v) is 3.31. The molecular weight excluding hydrogens is 404 g/mol. The first-order chi connectivity index (χ1) is 14.3. The van der Waals surface area contributed by atoms with Gasteiger partial charge in [-0.3, -0.25) is 19.7 Å². The van der Waals surface area contributed by atoms with Crippen molar-refractivity contribution in [2.45, 2.75) is 13.8 Å². The van der Waals surface area contributed by atoms with E-state index >= 15 is 0 Å². The van der Waals surface area contributed by atoms with Crippen LogP contribution in [-0.2, 0) is 0 Å². The number of hydrogen-bond donors (Lipinski definition) is 2. The molecule has 0 fully saturated rings. The van der Waals surface area contributed by atoms with Gasteiger partial charge in [-0.15, -0.1) is 11.3 Å². The predicted molar refractivity (Wildman–Crippen MR) is 116 cm³/mol. The third-order valence-electron chi connectivity index (χ3n) is 4.26. The summed E-state index contributed by atoms with van der Waals surface area (Å²) in [5, 5.41) is 19.6. The molecule has 1 heterocycles. The highest BCUT2D eigenvalue weighted by Crippen LogP contribution is 2.19. The molecule has 9 heteroatoms. The fourth-order valence-electron chi connectivity index (χ4n) is 2.69. The van der Waals surface area contributed by atoms with Gasteiger partial charge in [0.05, 0.1) is 15.5 Å². The third kappa shape index (κ3) is 4.95. The number of benzene rings is 2. The van der Waals surface area contributed by atoms with Gasteiger partial charge in [0.25, 0.3) is 17.5 Å². The Morgan fingerprint density at radius 2 is 1.83 bits per heavy atom.